The number of terminal acetylenes is 1. The number of benzene rings is 1. The minimum atomic E-state index is -1.57. The van der Waals surface area contributed by atoms with E-state index in [1.807, 2.05) is 30.3 Å². The van der Waals surface area contributed by atoms with Crippen molar-refractivity contribution in [2.24, 2.45) is 0 Å². The van der Waals surface area contributed by atoms with Gasteiger partial charge in [-0.15, -0.1) is 6.42 Å². The van der Waals surface area contributed by atoms with Gasteiger partial charge in [0.05, 0.1) is 0 Å². The highest BCUT2D eigenvalue weighted by atomic mass is 19.1. The number of amides is 1. The first-order valence-electron chi connectivity index (χ1n) is 6.25. The van der Waals surface area contributed by atoms with Crippen LogP contribution in [-0.4, -0.2) is 29.8 Å². The smallest absolute Gasteiger partial charge is 0.410 e. The topological polar surface area (TPSA) is 29.5 Å². The van der Waals surface area contributed by atoms with Gasteiger partial charge in [-0.2, -0.15) is 0 Å². The molecule has 0 spiro atoms. The van der Waals surface area contributed by atoms with Gasteiger partial charge in [0, 0.05) is 25.9 Å². The lowest BCUT2D eigenvalue weighted by molar-refractivity contribution is 0.0635. The van der Waals surface area contributed by atoms with E-state index in [1.165, 1.54) is 4.90 Å². The van der Waals surface area contributed by atoms with Crippen LogP contribution in [0.2, 0.25) is 0 Å². The van der Waals surface area contributed by atoms with E-state index in [1.54, 1.807) is 0 Å². The number of halogens is 1. The Morgan fingerprint density at radius 1 is 1.37 bits per heavy atom. The first-order chi connectivity index (χ1) is 9.13. The fraction of sp³-hybridized carbons (Fsp3) is 0.400. The summed E-state index contributed by atoms with van der Waals surface area (Å²) in [5, 5.41) is 0. The molecule has 1 aliphatic rings. The minimum absolute atomic E-state index is 0.171. The molecule has 0 bridgehead atoms. The monoisotopic (exact) mass is 261 g/mol. The maximum absolute atomic E-state index is 13.8. The van der Waals surface area contributed by atoms with E-state index in [4.69, 9.17) is 11.2 Å². The Kier molecular flexibility index (Phi) is 4.06. The zero-order valence-electron chi connectivity index (χ0n) is 10.6. The summed E-state index contributed by atoms with van der Waals surface area (Å²) in [6.45, 7) is 0.828. The number of carbonyl (C=O) groups excluding carboxylic acids is 1. The number of hydrogen-bond acceptors (Lipinski definition) is 2. The Morgan fingerprint density at radius 2 is 2.00 bits per heavy atom. The molecule has 100 valence electrons. The third kappa shape index (κ3) is 3.47. The number of ether oxygens (including phenoxy) is 1. The number of hydrogen-bond donors (Lipinski definition) is 0. The summed E-state index contributed by atoms with van der Waals surface area (Å²) < 4.78 is 19.0. The van der Waals surface area contributed by atoms with Crippen LogP contribution in [0.4, 0.5) is 9.18 Å². The van der Waals surface area contributed by atoms with Crippen LogP contribution in [0.5, 0.6) is 0 Å². The molecule has 19 heavy (non-hydrogen) atoms. The molecule has 1 fully saturated rings. The minimum Gasteiger partial charge on any atom is -0.445 e. The SMILES string of the molecule is C#CC1(F)CCN(C(=O)OCc2ccccc2)CC1. The predicted octanol–water partition coefficient (Wildman–Crippen LogP) is 2.76. The molecule has 0 atom stereocenters. The van der Waals surface area contributed by atoms with Crippen molar-refractivity contribution in [1.82, 2.24) is 4.90 Å². The predicted molar refractivity (Wildman–Crippen MR) is 70.1 cm³/mol. The third-order valence-corrected chi connectivity index (χ3v) is 3.28. The molecule has 1 aliphatic heterocycles. The number of likely N-dealkylation sites (tertiary alicyclic amines) is 1. The number of nitrogens with zero attached hydrogens (tertiary/aromatic N) is 1. The van der Waals surface area contributed by atoms with Gasteiger partial charge in [0.1, 0.15) is 6.61 Å². The Labute approximate surface area is 112 Å². The molecule has 1 aromatic rings. The van der Waals surface area contributed by atoms with Gasteiger partial charge in [0.25, 0.3) is 0 Å². The van der Waals surface area contributed by atoms with E-state index >= 15 is 0 Å². The van der Waals surface area contributed by atoms with Crippen molar-refractivity contribution < 1.29 is 13.9 Å². The molecule has 1 amide bonds. The van der Waals surface area contributed by atoms with Crippen LogP contribution < -0.4 is 0 Å². The number of piperidine rings is 1. The van der Waals surface area contributed by atoms with Gasteiger partial charge in [-0.3, -0.25) is 0 Å². The quantitative estimate of drug-likeness (QED) is 0.766. The maximum atomic E-state index is 13.8. The molecule has 4 heteroatoms. The molecule has 0 radical (unpaired) electrons. The van der Waals surface area contributed by atoms with Gasteiger partial charge >= 0.3 is 6.09 Å². The van der Waals surface area contributed by atoms with Crippen LogP contribution in [0.3, 0.4) is 0 Å². The van der Waals surface area contributed by atoms with Crippen molar-refractivity contribution in [2.75, 3.05) is 13.1 Å². The highest BCUT2D eigenvalue weighted by Crippen LogP contribution is 2.25. The molecular weight excluding hydrogens is 245 g/mol. The van der Waals surface area contributed by atoms with E-state index in [9.17, 15) is 9.18 Å². The largest absolute Gasteiger partial charge is 0.445 e. The Hall–Kier alpha value is -2.02. The lowest BCUT2D eigenvalue weighted by Crippen LogP contribution is -2.44. The van der Waals surface area contributed by atoms with Gasteiger partial charge in [0.2, 0.25) is 0 Å². The van der Waals surface area contributed by atoms with Crippen molar-refractivity contribution in [3.63, 3.8) is 0 Å². The summed E-state index contributed by atoms with van der Waals surface area (Å²) in [5.74, 6) is 2.15. The Bertz CT molecular complexity index is 473. The standard InChI is InChI=1S/C15H16FNO2/c1-2-15(16)8-10-17(11-9-15)14(18)19-12-13-6-4-3-5-7-13/h1,3-7H,8-12H2. The molecule has 1 saturated heterocycles. The molecule has 1 aromatic carbocycles. The number of alkyl halides is 1. The fourth-order valence-corrected chi connectivity index (χ4v) is 2.00. The molecule has 0 unspecified atom stereocenters. The average Bonchev–Trinajstić information content (AvgIpc) is 2.47. The van der Waals surface area contributed by atoms with Gasteiger partial charge in [0.15, 0.2) is 5.67 Å². The summed E-state index contributed by atoms with van der Waals surface area (Å²) in [7, 11) is 0. The highest BCUT2D eigenvalue weighted by molar-refractivity contribution is 5.67. The van der Waals surface area contributed by atoms with E-state index in [0.29, 0.717) is 13.1 Å². The van der Waals surface area contributed by atoms with Crippen LogP contribution in [-0.2, 0) is 11.3 Å². The molecule has 0 aromatic heterocycles. The van der Waals surface area contributed by atoms with Gasteiger partial charge in [-0.05, 0) is 5.56 Å². The van der Waals surface area contributed by atoms with Crippen molar-refractivity contribution in [3.8, 4) is 12.3 Å². The lowest BCUT2D eigenvalue weighted by atomic mass is 9.95. The van der Waals surface area contributed by atoms with E-state index < -0.39 is 11.8 Å². The Balaban J connectivity index is 1.81. The number of rotatable bonds is 2. The zero-order chi connectivity index (χ0) is 13.7. The van der Waals surface area contributed by atoms with Crippen LogP contribution >= 0.6 is 0 Å². The van der Waals surface area contributed by atoms with Crippen molar-refractivity contribution in [3.05, 3.63) is 35.9 Å². The van der Waals surface area contributed by atoms with Crippen LogP contribution in [0.25, 0.3) is 0 Å². The lowest BCUT2D eigenvalue weighted by Gasteiger charge is -2.32. The molecule has 3 nitrogen and oxygen atoms in total. The Morgan fingerprint density at radius 3 is 2.58 bits per heavy atom. The van der Waals surface area contributed by atoms with Crippen molar-refractivity contribution in [2.45, 2.75) is 25.1 Å². The number of carbonyl (C=O) groups is 1. The van der Waals surface area contributed by atoms with Crippen molar-refractivity contribution >= 4 is 6.09 Å². The molecule has 0 aliphatic carbocycles. The fourth-order valence-electron chi connectivity index (χ4n) is 2.00. The third-order valence-electron chi connectivity index (χ3n) is 3.28. The summed E-state index contributed by atoms with van der Waals surface area (Å²) in [6, 6.07) is 9.43. The first-order valence-corrected chi connectivity index (χ1v) is 6.25. The average molecular weight is 261 g/mol. The van der Waals surface area contributed by atoms with Gasteiger partial charge in [-0.25, -0.2) is 9.18 Å². The second-order valence-corrected chi connectivity index (χ2v) is 4.64. The van der Waals surface area contributed by atoms with E-state index in [-0.39, 0.29) is 19.4 Å². The summed E-state index contributed by atoms with van der Waals surface area (Å²) in [4.78, 5) is 13.3. The normalized spacial score (nSPS) is 17.6. The summed E-state index contributed by atoms with van der Waals surface area (Å²) >= 11 is 0. The summed E-state index contributed by atoms with van der Waals surface area (Å²) in [5.41, 5.74) is -0.646. The maximum Gasteiger partial charge on any atom is 0.410 e. The van der Waals surface area contributed by atoms with Crippen LogP contribution in [0, 0.1) is 12.3 Å². The van der Waals surface area contributed by atoms with E-state index in [0.717, 1.165) is 5.56 Å². The van der Waals surface area contributed by atoms with Crippen LogP contribution in [0.1, 0.15) is 18.4 Å². The second-order valence-electron chi connectivity index (χ2n) is 4.64. The highest BCUT2D eigenvalue weighted by Gasteiger charge is 2.34. The van der Waals surface area contributed by atoms with E-state index in [2.05, 4.69) is 5.92 Å². The zero-order valence-corrected chi connectivity index (χ0v) is 10.6. The van der Waals surface area contributed by atoms with Crippen molar-refractivity contribution in [1.29, 1.82) is 0 Å². The molecule has 1 heterocycles. The molecule has 0 saturated carbocycles. The molecular formula is C15H16FNO2. The first kappa shape index (κ1) is 13.4. The van der Waals surface area contributed by atoms with Crippen LogP contribution in [0.15, 0.2) is 30.3 Å². The van der Waals surface area contributed by atoms with Gasteiger partial charge in [-0.1, -0.05) is 36.3 Å². The second kappa shape index (κ2) is 5.75. The summed E-state index contributed by atoms with van der Waals surface area (Å²) in [6.07, 6.45) is 5.06. The molecule has 2 rings (SSSR count). The molecule has 0 N–H and O–H groups in total. The van der Waals surface area contributed by atoms with Gasteiger partial charge < -0.3 is 9.64 Å².